The van der Waals surface area contributed by atoms with Crippen molar-refractivity contribution in [1.29, 1.82) is 5.26 Å². The maximum Gasteiger partial charge on any atom is 0.126 e. The van der Waals surface area contributed by atoms with Crippen LogP contribution in [0.15, 0.2) is 36.4 Å². The smallest absolute Gasteiger partial charge is 0.126 e. The molecule has 4 heteroatoms. The molecular weight excluding hydrogens is 240 g/mol. The van der Waals surface area contributed by atoms with Gasteiger partial charge in [0.15, 0.2) is 0 Å². The Morgan fingerprint density at radius 3 is 2.42 bits per heavy atom. The van der Waals surface area contributed by atoms with E-state index in [1.165, 1.54) is 0 Å². The lowest BCUT2D eigenvalue weighted by molar-refractivity contribution is 0.404. The summed E-state index contributed by atoms with van der Waals surface area (Å²) < 4.78 is 10.5. The summed E-state index contributed by atoms with van der Waals surface area (Å²) in [5, 5.41) is 8.89. The molecule has 0 fully saturated rings. The molecule has 2 N–H and O–H groups in total. The van der Waals surface area contributed by atoms with Crippen molar-refractivity contribution in [2.75, 3.05) is 20.0 Å². The Kier molecular flexibility index (Phi) is 3.58. The molecular formula is C15H14N2O2. The minimum absolute atomic E-state index is 0.449. The molecule has 0 unspecified atom stereocenters. The van der Waals surface area contributed by atoms with Crippen molar-refractivity contribution in [3.8, 4) is 28.7 Å². The van der Waals surface area contributed by atoms with Crippen molar-refractivity contribution < 1.29 is 9.47 Å². The molecule has 0 aliphatic carbocycles. The van der Waals surface area contributed by atoms with E-state index in [1.807, 2.05) is 30.3 Å². The normalized spacial score (nSPS) is 9.74. The van der Waals surface area contributed by atoms with E-state index in [2.05, 4.69) is 0 Å². The van der Waals surface area contributed by atoms with E-state index >= 15 is 0 Å². The van der Waals surface area contributed by atoms with Crippen molar-refractivity contribution in [3.05, 3.63) is 42.0 Å². The van der Waals surface area contributed by atoms with Gasteiger partial charge < -0.3 is 15.2 Å². The van der Waals surface area contributed by atoms with Crippen LogP contribution < -0.4 is 15.2 Å². The SMILES string of the molecule is COc1ccc(OC)c(-c2ccc(C#N)c(N)c2)c1. The van der Waals surface area contributed by atoms with Gasteiger partial charge in [0.25, 0.3) is 0 Å². The molecule has 19 heavy (non-hydrogen) atoms. The number of nitrogens with zero attached hydrogens (tertiary/aromatic N) is 1. The minimum atomic E-state index is 0.449. The van der Waals surface area contributed by atoms with Crippen LogP contribution in [-0.4, -0.2) is 14.2 Å². The van der Waals surface area contributed by atoms with Crippen LogP contribution in [0.1, 0.15) is 5.56 Å². The Hall–Kier alpha value is -2.67. The number of rotatable bonds is 3. The number of nitrogens with two attached hydrogens (primary N) is 1. The molecule has 2 rings (SSSR count). The quantitative estimate of drug-likeness (QED) is 0.855. The topological polar surface area (TPSA) is 68.3 Å². The van der Waals surface area contributed by atoms with E-state index in [0.29, 0.717) is 11.3 Å². The zero-order valence-electron chi connectivity index (χ0n) is 10.8. The van der Waals surface area contributed by atoms with Gasteiger partial charge in [-0.25, -0.2) is 0 Å². The highest BCUT2D eigenvalue weighted by molar-refractivity contribution is 5.76. The Labute approximate surface area is 112 Å². The lowest BCUT2D eigenvalue weighted by Gasteiger charge is -2.11. The van der Waals surface area contributed by atoms with Crippen LogP contribution in [0.4, 0.5) is 5.69 Å². The fourth-order valence-electron chi connectivity index (χ4n) is 1.87. The average molecular weight is 254 g/mol. The number of nitrogen functional groups attached to an aromatic ring is 1. The van der Waals surface area contributed by atoms with Crippen LogP contribution in [0.5, 0.6) is 11.5 Å². The van der Waals surface area contributed by atoms with E-state index in [-0.39, 0.29) is 0 Å². The summed E-state index contributed by atoms with van der Waals surface area (Å²) in [4.78, 5) is 0. The second-order valence-electron chi connectivity index (χ2n) is 3.98. The van der Waals surface area contributed by atoms with E-state index < -0.39 is 0 Å². The molecule has 0 heterocycles. The van der Waals surface area contributed by atoms with Gasteiger partial charge in [-0.2, -0.15) is 5.26 Å². The van der Waals surface area contributed by atoms with Gasteiger partial charge in [-0.15, -0.1) is 0 Å². The summed E-state index contributed by atoms with van der Waals surface area (Å²) in [6.07, 6.45) is 0. The summed E-state index contributed by atoms with van der Waals surface area (Å²) in [5.41, 5.74) is 8.50. The van der Waals surface area contributed by atoms with Crippen molar-refractivity contribution in [2.24, 2.45) is 0 Å². The van der Waals surface area contributed by atoms with Gasteiger partial charge in [0.2, 0.25) is 0 Å². The summed E-state index contributed by atoms with van der Waals surface area (Å²) in [5.74, 6) is 1.46. The van der Waals surface area contributed by atoms with Gasteiger partial charge in [0.1, 0.15) is 17.6 Å². The maximum absolute atomic E-state index is 8.89. The molecule has 96 valence electrons. The highest BCUT2D eigenvalue weighted by Gasteiger charge is 2.09. The number of anilines is 1. The zero-order chi connectivity index (χ0) is 13.8. The molecule has 2 aromatic rings. The van der Waals surface area contributed by atoms with Crippen LogP contribution in [0.2, 0.25) is 0 Å². The standard InChI is InChI=1S/C15H14N2O2/c1-18-12-5-6-15(19-2)13(8-12)10-3-4-11(9-16)14(17)7-10/h3-8H,17H2,1-2H3. The highest BCUT2D eigenvalue weighted by Crippen LogP contribution is 2.34. The molecule has 0 aromatic heterocycles. The Morgan fingerprint density at radius 1 is 1.05 bits per heavy atom. The molecule has 0 atom stereocenters. The van der Waals surface area contributed by atoms with Gasteiger partial charge in [-0.1, -0.05) is 6.07 Å². The van der Waals surface area contributed by atoms with Crippen molar-refractivity contribution in [3.63, 3.8) is 0 Å². The third kappa shape index (κ3) is 2.45. The molecule has 0 aliphatic rings. The lowest BCUT2D eigenvalue weighted by Crippen LogP contribution is -1.93. The molecule has 0 radical (unpaired) electrons. The molecule has 4 nitrogen and oxygen atoms in total. The van der Waals surface area contributed by atoms with Crippen LogP contribution in [-0.2, 0) is 0 Å². The average Bonchev–Trinajstić information content (AvgIpc) is 2.46. The largest absolute Gasteiger partial charge is 0.497 e. The predicted molar refractivity (Wildman–Crippen MR) is 74.1 cm³/mol. The Morgan fingerprint density at radius 2 is 1.84 bits per heavy atom. The molecule has 0 spiro atoms. The van der Waals surface area contributed by atoms with E-state index in [9.17, 15) is 0 Å². The first-order chi connectivity index (χ1) is 9.19. The first kappa shape index (κ1) is 12.8. The Bertz CT molecular complexity index is 645. The summed E-state index contributed by atoms with van der Waals surface area (Å²) in [6.45, 7) is 0. The van der Waals surface area contributed by atoms with Crippen molar-refractivity contribution >= 4 is 5.69 Å². The lowest BCUT2D eigenvalue weighted by atomic mass is 10.0. The molecule has 0 bridgehead atoms. The van der Waals surface area contributed by atoms with Gasteiger partial charge in [-0.05, 0) is 35.9 Å². The van der Waals surface area contributed by atoms with Crippen LogP contribution in [0.25, 0.3) is 11.1 Å². The third-order valence-corrected chi connectivity index (χ3v) is 2.89. The summed E-state index contributed by atoms with van der Waals surface area (Å²) >= 11 is 0. The fourth-order valence-corrected chi connectivity index (χ4v) is 1.87. The highest BCUT2D eigenvalue weighted by atomic mass is 16.5. The summed E-state index contributed by atoms with van der Waals surface area (Å²) in [7, 11) is 3.22. The number of hydrogen-bond donors (Lipinski definition) is 1. The van der Waals surface area contributed by atoms with Crippen molar-refractivity contribution in [1.82, 2.24) is 0 Å². The second kappa shape index (κ2) is 5.32. The van der Waals surface area contributed by atoms with E-state index in [1.54, 1.807) is 26.4 Å². The molecule has 2 aromatic carbocycles. The van der Waals surface area contributed by atoms with Gasteiger partial charge in [-0.3, -0.25) is 0 Å². The second-order valence-corrected chi connectivity index (χ2v) is 3.98. The van der Waals surface area contributed by atoms with Crippen LogP contribution >= 0.6 is 0 Å². The number of ether oxygens (including phenoxy) is 2. The van der Waals surface area contributed by atoms with Gasteiger partial charge >= 0.3 is 0 Å². The zero-order valence-corrected chi connectivity index (χ0v) is 10.8. The monoisotopic (exact) mass is 254 g/mol. The van der Waals surface area contributed by atoms with Crippen LogP contribution in [0.3, 0.4) is 0 Å². The summed E-state index contributed by atoms with van der Waals surface area (Å²) in [6, 6.07) is 12.9. The first-order valence-corrected chi connectivity index (χ1v) is 5.71. The molecule has 0 amide bonds. The fraction of sp³-hybridized carbons (Fsp3) is 0.133. The third-order valence-electron chi connectivity index (χ3n) is 2.89. The predicted octanol–water partition coefficient (Wildman–Crippen LogP) is 2.82. The van der Waals surface area contributed by atoms with Crippen LogP contribution in [0, 0.1) is 11.3 Å². The number of hydrogen-bond acceptors (Lipinski definition) is 4. The van der Waals surface area contributed by atoms with Gasteiger partial charge in [0, 0.05) is 5.56 Å². The molecule has 0 saturated carbocycles. The van der Waals surface area contributed by atoms with Gasteiger partial charge in [0.05, 0.1) is 25.5 Å². The van der Waals surface area contributed by atoms with E-state index in [4.69, 9.17) is 20.5 Å². The molecule has 0 aliphatic heterocycles. The number of methoxy groups -OCH3 is 2. The number of nitriles is 1. The number of benzene rings is 2. The first-order valence-electron chi connectivity index (χ1n) is 5.71. The van der Waals surface area contributed by atoms with E-state index in [0.717, 1.165) is 22.6 Å². The van der Waals surface area contributed by atoms with Crippen molar-refractivity contribution in [2.45, 2.75) is 0 Å². The molecule has 0 saturated heterocycles. The maximum atomic E-state index is 8.89. The minimum Gasteiger partial charge on any atom is -0.497 e. The Balaban J connectivity index is 2.57.